The zero-order valence-corrected chi connectivity index (χ0v) is 16.3. The quantitative estimate of drug-likeness (QED) is 0.420. The third-order valence-corrected chi connectivity index (χ3v) is 5.21. The molecule has 2 heterocycles. The fourth-order valence-corrected chi connectivity index (χ4v) is 3.70. The van der Waals surface area contributed by atoms with E-state index >= 15 is 0 Å². The molecule has 0 unspecified atom stereocenters. The van der Waals surface area contributed by atoms with E-state index in [4.69, 9.17) is 14.3 Å². The second-order valence-electron chi connectivity index (χ2n) is 6.74. The van der Waals surface area contributed by atoms with Crippen LogP contribution in [0.4, 0.5) is 11.4 Å². The first kappa shape index (κ1) is 19.4. The number of rotatable bonds is 5. The molecule has 10 nitrogen and oxygen atoms in total. The molecule has 2 amide bonds. The summed E-state index contributed by atoms with van der Waals surface area (Å²) in [4.78, 5) is 43.1. The van der Waals surface area contributed by atoms with Crippen LogP contribution in [0.15, 0.2) is 41.6 Å². The smallest absolute Gasteiger partial charge is 0.278 e. The Balaban J connectivity index is 1.75. The van der Waals surface area contributed by atoms with E-state index in [1.165, 1.54) is 39.3 Å². The Bertz CT molecular complexity index is 1110. The van der Waals surface area contributed by atoms with Crippen LogP contribution in [-0.4, -0.2) is 42.8 Å². The summed E-state index contributed by atoms with van der Waals surface area (Å²) in [6.07, 6.45) is -1.14. The zero-order valence-electron chi connectivity index (χ0n) is 16.3. The number of nitro benzene ring substituents is 1. The molecule has 0 aromatic heterocycles. The lowest BCUT2D eigenvalue weighted by atomic mass is 9.93. The number of amides is 2. The second-order valence-corrected chi connectivity index (χ2v) is 6.74. The Hall–Kier alpha value is -3.95. The van der Waals surface area contributed by atoms with Gasteiger partial charge in [0.05, 0.1) is 30.4 Å². The van der Waals surface area contributed by atoms with Crippen LogP contribution in [0, 0.1) is 23.0 Å². The lowest BCUT2D eigenvalue weighted by Gasteiger charge is -2.18. The summed E-state index contributed by atoms with van der Waals surface area (Å²) >= 11 is 0. The third kappa shape index (κ3) is 2.76. The summed E-state index contributed by atoms with van der Waals surface area (Å²) in [5.41, 5.74) is 0.924. The third-order valence-electron chi connectivity index (χ3n) is 5.21. The molecule has 154 valence electrons. The van der Waals surface area contributed by atoms with Crippen molar-refractivity contribution in [2.24, 2.45) is 11.1 Å². The Morgan fingerprint density at radius 3 is 2.57 bits per heavy atom. The SMILES string of the molecule is COc1ccc(C2=NO[C@H]3C(=O)N(c4cccc([N+](=O)[O-])c4C)C(=O)[C@@H]23)c(OC)c1. The number of benzene rings is 2. The van der Waals surface area contributed by atoms with Crippen molar-refractivity contribution in [1.29, 1.82) is 0 Å². The van der Waals surface area contributed by atoms with Gasteiger partial charge < -0.3 is 14.3 Å². The highest BCUT2D eigenvalue weighted by molar-refractivity contribution is 6.33. The van der Waals surface area contributed by atoms with E-state index in [0.717, 1.165) is 4.90 Å². The monoisotopic (exact) mass is 411 g/mol. The number of hydrogen-bond acceptors (Lipinski definition) is 8. The van der Waals surface area contributed by atoms with Crippen molar-refractivity contribution in [1.82, 2.24) is 0 Å². The summed E-state index contributed by atoms with van der Waals surface area (Å²) in [5, 5.41) is 15.2. The standard InChI is InChI=1S/C20H17N3O7/c1-10-13(5-4-6-14(10)23(26)27)22-19(24)16-17(21-30-18(16)20(22)25)12-8-7-11(28-2)9-15(12)29-3/h4-9,16,18H,1-3H3/t16-,18+/m0/s1. The molecular formula is C20H17N3O7. The summed E-state index contributed by atoms with van der Waals surface area (Å²) in [7, 11) is 2.98. The number of fused-ring (bicyclic) bond motifs is 1. The average molecular weight is 411 g/mol. The molecule has 10 heteroatoms. The summed E-state index contributed by atoms with van der Waals surface area (Å²) < 4.78 is 10.6. The van der Waals surface area contributed by atoms with Crippen LogP contribution in [0.5, 0.6) is 11.5 Å². The molecule has 0 N–H and O–H groups in total. The minimum absolute atomic E-state index is 0.151. The molecular weight excluding hydrogens is 394 g/mol. The molecule has 0 radical (unpaired) electrons. The van der Waals surface area contributed by atoms with E-state index in [-0.39, 0.29) is 22.6 Å². The largest absolute Gasteiger partial charge is 0.497 e. The van der Waals surface area contributed by atoms with E-state index < -0.39 is 28.8 Å². The maximum Gasteiger partial charge on any atom is 0.278 e. The van der Waals surface area contributed by atoms with Crippen LogP contribution < -0.4 is 14.4 Å². The van der Waals surface area contributed by atoms with Gasteiger partial charge in [-0.25, -0.2) is 4.90 Å². The van der Waals surface area contributed by atoms with Crippen LogP contribution in [-0.2, 0) is 14.4 Å². The van der Waals surface area contributed by atoms with Gasteiger partial charge in [0.1, 0.15) is 23.1 Å². The Kier molecular flexibility index (Phi) is 4.61. The van der Waals surface area contributed by atoms with Crippen LogP contribution in [0.3, 0.4) is 0 Å². The number of ether oxygens (including phenoxy) is 2. The molecule has 0 aliphatic carbocycles. The first-order valence-electron chi connectivity index (χ1n) is 8.97. The molecule has 0 spiro atoms. The van der Waals surface area contributed by atoms with Crippen molar-refractivity contribution < 1.29 is 28.8 Å². The van der Waals surface area contributed by atoms with Gasteiger partial charge in [-0.05, 0) is 25.1 Å². The van der Waals surface area contributed by atoms with Crippen molar-refractivity contribution in [2.75, 3.05) is 19.1 Å². The van der Waals surface area contributed by atoms with Crippen molar-refractivity contribution in [3.8, 4) is 11.5 Å². The maximum absolute atomic E-state index is 13.2. The molecule has 0 bridgehead atoms. The van der Waals surface area contributed by atoms with E-state index in [1.807, 2.05) is 0 Å². The minimum atomic E-state index is -1.14. The van der Waals surface area contributed by atoms with Crippen molar-refractivity contribution in [2.45, 2.75) is 13.0 Å². The molecule has 1 saturated heterocycles. The van der Waals surface area contributed by atoms with Gasteiger partial charge in [0, 0.05) is 17.7 Å². The van der Waals surface area contributed by atoms with E-state index in [9.17, 15) is 19.7 Å². The summed E-state index contributed by atoms with van der Waals surface area (Å²) in [6, 6.07) is 9.21. The van der Waals surface area contributed by atoms with Crippen molar-refractivity contribution >= 4 is 28.9 Å². The molecule has 2 aromatic rings. The molecule has 2 atom stereocenters. The minimum Gasteiger partial charge on any atom is -0.497 e. The van der Waals surface area contributed by atoms with E-state index in [1.54, 1.807) is 18.2 Å². The van der Waals surface area contributed by atoms with Crippen LogP contribution >= 0.6 is 0 Å². The average Bonchev–Trinajstić information content (AvgIpc) is 3.28. The predicted octanol–water partition coefficient (Wildman–Crippen LogP) is 2.21. The van der Waals surface area contributed by atoms with Crippen LogP contribution in [0.25, 0.3) is 0 Å². The number of nitrogens with zero attached hydrogens (tertiary/aromatic N) is 3. The van der Waals surface area contributed by atoms with Crippen LogP contribution in [0.2, 0.25) is 0 Å². The van der Waals surface area contributed by atoms with Gasteiger partial charge in [-0.2, -0.15) is 0 Å². The fraction of sp³-hybridized carbons (Fsp3) is 0.250. The number of oxime groups is 1. The molecule has 2 aliphatic heterocycles. The number of anilines is 1. The number of nitro groups is 1. The Morgan fingerprint density at radius 2 is 1.90 bits per heavy atom. The molecule has 30 heavy (non-hydrogen) atoms. The summed E-state index contributed by atoms with van der Waals surface area (Å²) in [6.45, 7) is 1.49. The number of methoxy groups -OCH3 is 2. The number of hydrogen-bond donors (Lipinski definition) is 0. The number of carbonyl (C=O) groups is 2. The fourth-order valence-electron chi connectivity index (χ4n) is 3.70. The normalized spacial score (nSPS) is 20.0. The van der Waals surface area contributed by atoms with Gasteiger partial charge in [-0.15, -0.1) is 0 Å². The first-order valence-corrected chi connectivity index (χ1v) is 8.97. The lowest BCUT2D eigenvalue weighted by Crippen LogP contribution is -2.33. The zero-order chi connectivity index (χ0) is 21.6. The van der Waals surface area contributed by atoms with E-state index in [2.05, 4.69) is 5.16 Å². The number of carbonyl (C=O) groups excluding carboxylic acids is 2. The lowest BCUT2D eigenvalue weighted by molar-refractivity contribution is -0.385. The maximum atomic E-state index is 13.2. The Labute approximate surface area is 170 Å². The summed E-state index contributed by atoms with van der Waals surface area (Å²) in [5.74, 6) is -1.22. The van der Waals surface area contributed by atoms with Gasteiger partial charge >= 0.3 is 0 Å². The highest BCUT2D eigenvalue weighted by Gasteiger charge is 2.57. The number of imide groups is 1. The molecule has 0 saturated carbocycles. The van der Waals surface area contributed by atoms with Gasteiger partial charge in [0.15, 0.2) is 0 Å². The molecule has 2 aliphatic rings. The molecule has 1 fully saturated rings. The van der Waals surface area contributed by atoms with E-state index in [0.29, 0.717) is 17.1 Å². The van der Waals surface area contributed by atoms with Gasteiger partial charge in [-0.3, -0.25) is 19.7 Å². The van der Waals surface area contributed by atoms with Gasteiger partial charge in [0.25, 0.3) is 11.6 Å². The topological polar surface area (TPSA) is 121 Å². The van der Waals surface area contributed by atoms with Crippen molar-refractivity contribution in [3.63, 3.8) is 0 Å². The first-order chi connectivity index (χ1) is 14.4. The predicted molar refractivity (Wildman–Crippen MR) is 105 cm³/mol. The van der Waals surface area contributed by atoms with Crippen LogP contribution in [0.1, 0.15) is 11.1 Å². The molecule has 2 aromatic carbocycles. The van der Waals surface area contributed by atoms with Gasteiger partial charge in [0.2, 0.25) is 12.0 Å². The van der Waals surface area contributed by atoms with Gasteiger partial charge in [-0.1, -0.05) is 11.2 Å². The molecule has 4 rings (SSSR count). The highest BCUT2D eigenvalue weighted by atomic mass is 16.7. The Morgan fingerprint density at radius 1 is 1.13 bits per heavy atom. The second kappa shape index (κ2) is 7.14. The van der Waals surface area contributed by atoms with Crippen molar-refractivity contribution in [3.05, 3.63) is 57.6 Å². The highest BCUT2D eigenvalue weighted by Crippen LogP contribution is 2.40.